The number of benzene rings is 2. The van der Waals surface area contributed by atoms with Gasteiger partial charge in [0.1, 0.15) is 0 Å². The van der Waals surface area contributed by atoms with Crippen molar-refractivity contribution in [3.63, 3.8) is 0 Å². The molecule has 0 amide bonds. The van der Waals surface area contributed by atoms with Crippen LogP contribution in [-0.2, 0) is 6.42 Å². The van der Waals surface area contributed by atoms with Crippen molar-refractivity contribution >= 4 is 34.2 Å². The summed E-state index contributed by atoms with van der Waals surface area (Å²) >= 11 is 8.45. The molecule has 1 atom stereocenters. The van der Waals surface area contributed by atoms with Gasteiger partial charge in [0, 0.05) is 9.61 Å². The maximum Gasteiger partial charge on any atom is 0.0542 e. The topological polar surface area (TPSA) is 12.0 Å². The van der Waals surface area contributed by atoms with Crippen LogP contribution in [0.2, 0.25) is 5.02 Å². The molecule has 0 aromatic heterocycles. The predicted octanol–water partition coefficient (Wildman–Crippen LogP) is 4.76. The van der Waals surface area contributed by atoms with Gasteiger partial charge in [0.05, 0.1) is 5.02 Å². The summed E-state index contributed by atoms with van der Waals surface area (Å²) in [6, 6.07) is 15.2. The van der Waals surface area contributed by atoms with Gasteiger partial charge in [0.2, 0.25) is 0 Å². The molecule has 100 valence electrons. The Balaban J connectivity index is 2.19. The van der Waals surface area contributed by atoms with E-state index in [9.17, 15) is 0 Å². The number of rotatable bonds is 4. The molecule has 0 saturated heterocycles. The molecule has 0 spiro atoms. The quantitative estimate of drug-likeness (QED) is 0.749. The van der Waals surface area contributed by atoms with Crippen LogP contribution in [0.25, 0.3) is 0 Å². The molecule has 2 aromatic rings. The van der Waals surface area contributed by atoms with Crippen LogP contribution in [-0.4, -0.2) is 7.05 Å². The van der Waals surface area contributed by atoms with E-state index in [4.69, 9.17) is 11.6 Å². The van der Waals surface area contributed by atoms with Gasteiger partial charge in [-0.1, -0.05) is 47.5 Å². The van der Waals surface area contributed by atoms with Crippen LogP contribution in [0.15, 0.2) is 42.5 Å². The molecule has 2 aromatic carbocycles. The number of aryl methyl sites for hydroxylation is 1. The van der Waals surface area contributed by atoms with Crippen molar-refractivity contribution in [1.82, 2.24) is 5.32 Å². The van der Waals surface area contributed by atoms with Crippen LogP contribution in [0.3, 0.4) is 0 Å². The van der Waals surface area contributed by atoms with E-state index in [2.05, 4.69) is 77.3 Å². The standard InChI is InChI=1S/C16H17ClIN/c1-11-3-5-12(6-4-11)9-16(19-2)13-7-8-15(18)14(17)10-13/h3-8,10,16,19H,9H2,1-2H3. The Hall–Kier alpha value is -0.580. The smallest absolute Gasteiger partial charge is 0.0542 e. The lowest BCUT2D eigenvalue weighted by Gasteiger charge is -2.17. The Morgan fingerprint density at radius 1 is 1.16 bits per heavy atom. The first kappa shape index (κ1) is 14.8. The zero-order chi connectivity index (χ0) is 13.8. The number of nitrogens with one attached hydrogen (secondary N) is 1. The van der Waals surface area contributed by atoms with Gasteiger partial charge in [-0.25, -0.2) is 0 Å². The minimum atomic E-state index is 0.289. The highest BCUT2D eigenvalue weighted by atomic mass is 127. The molecule has 19 heavy (non-hydrogen) atoms. The molecule has 0 radical (unpaired) electrons. The summed E-state index contributed by atoms with van der Waals surface area (Å²) in [5.41, 5.74) is 3.86. The van der Waals surface area contributed by atoms with Gasteiger partial charge in [0.15, 0.2) is 0 Å². The van der Waals surface area contributed by atoms with Gasteiger partial charge < -0.3 is 5.32 Å². The van der Waals surface area contributed by atoms with Gasteiger partial charge in [-0.15, -0.1) is 0 Å². The summed E-state index contributed by atoms with van der Waals surface area (Å²) in [6.07, 6.45) is 0.966. The molecule has 0 bridgehead atoms. The van der Waals surface area contributed by atoms with Crippen molar-refractivity contribution in [2.45, 2.75) is 19.4 Å². The van der Waals surface area contributed by atoms with E-state index in [1.54, 1.807) is 0 Å². The first-order valence-corrected chi connectivity index (χ1v) is 7.73. The Bertz CT molecular complexity index is 551. The number of hydrogen-bond acceptors (Lipinski definition) is 1. The van der Waals surface area contributed by atoms with Gasteiger partial charge in [-0.05, 0) is 66.2 Å². The highest BCUT2D eigenvalue weighted by molar-refractivity contribution is 14.1. The van der Waals surface area contributed by atoms with E-state index in [1.807, 2.05) is 7.05 Å². The third-order valence-corrected chi connectivity index (χ3v) is 4.83. The zero-order valence-corrected chi connectivity index (χ0v) is 14.0. The lowest BCUT2D eigenvalue weighted by molar-refractivity contribution is 0.592. The Morgan fingerprint density at radius 2 is 1.84 bits per heavy atom. The summed E-state index contributed by atoms with van der Waals surface area (Å²) in [5.74, 6) is 0. The van der Waals surface area contributed by atoms with Crippen LogP contribution >= 0.6 is 34.2 Å². The zero-order valence-electron chi connectivity index (χ0n) is 11.1. The monoisotopic (exact) mass is 385 g/mol. The van der Waals surface area contributed by atoms with E-state index < -0.39 is 0 Å². The molecule has 1 N–H and O–H groups in total. The minimum absolute atomic E-state index is 0.289. The molecule has 0 heterocycles. The summed E-state index contributed by atoms with van der Waals surface area (Å²) in [4.78, 5) is 0. The van der Waals surface area contributed by atoms with Crippen LogP contribution < -0.4 is 5.32 Å². The fourth-order valence-electron chi connectivity index (χ4n) is 2.08. The third-order valence-electron chi connectivity index (χ3n) is 3.25. The SMILES string of the molecule is CNC(Cc1ccc(C)cc1)c1ccc(I)c(Cl)c1. The summed E-state index contributed by atoms with van der Waals surface area (Å²) < 4.78 is 1.09. The predicted molar refractivity (Wildman–Crippen MR) is 90.9 cm³/mol. The van der Waals surface area contributed by atoms with Crippen molar-refractivity contribution in [2.75, 3.05) is 7.05 Å². The van der Waals surface area contributed by atoms with E-state index in [0.29, 0.717) is 0 Å². The molecule has 0 aliphatic heterocycles. The Kier molecular flexibility index (Phi) is 5.25. The number of halogens is 2. The van der Waals surface area contributed by atoms with E-state index in [1.165, 1.54) is 16.7 Å². The normalized spacial score (nSPS) is 12.4. The molecule has 3 heteroatoms. The van der Waals surface area contributed by atoms with E-state index in [0.717, 1.165) is 15.0 Å². The highest BCUT2D eigenvalue weighted by Crippen LogP contribution is 2.25. The second-order valence-corrected chi connectivity index (χ2v) is 6.27. The van der Waals surface area contributed by atoms with Crippen LogP contribution in [0.5, 0.6) is 0 Å². The molecule has 0 saturated carbocycles. The van der Waals surface area contributed by atoms with Crippen LogP contribution in [0.4, 0.5) is 0 Å². The van der Waals surface area contributed by atoms with Crippen molar-refractivity contribution in [3.05, 3.63) is 67.7 Å². The average Bonchev–Trinajstić information content (AvgIpc) is 2.41. The molecule has 1 nitrogen and oxygen atoms in total. The lowest BCUT2D eigenvalue weighted by Crippen LogP contribution is -2.18. The van der Waals surface area contributed by atoms with Crippen LogP contribution in [0.1, 0.15) is 22.7 Å². The number of likely N-dealkylation sites (N-methyl/N-ethyl adjacent to an activating group) is 1. The average molecular weight is 386 g/mol. The molecule has 2 rings (SSSR count). The maximum atomic E-state index is 6.20. The Morgan fingerprint density at radius 3 is 2.42 bits per heavy atom. The fraction of sp³-hybridized carbons (Fsp3) is 0.250. The van der Waals surface area contributed by atoms with Gasteiger partial charge in [-0.3, -0.25) is 0 Å². The van der Waals surface area contributed by atoms with Gasteiger partial charge in [0.25, 0.3) is 0 Å². The first-order valence-electron chi connectivity index (χ1n) is 6.28. The minimum Gasteiger partial charge on any atom is -0.313 e. The van der Waals surface area contributed by atoms with Gasteiger partial charge >= 0.3 is 0 Å². The molecule has 0 fully saturated rings. The van der Waals surface area contributed by atoms with Crippen LogP contribution in [0, 0.1) is 10.5 Å². The molecular formula is C16H17ClIN. The summed E-state index contributed by atoms with van der Waals surface area (Å²) in [5, 5.41) is 4.19. The van der Waals surface area contributed by atoms with Crippen molar-refractivity contribution in [1.29, 1.82) is 0 Å². The van der Waals surface area contributed by atoms with E-state index >= 15 is 0 Å². The van der Waals surface area contributed by atoms with E-state index in [-0.39, 0.29) is 6.04 Å². The fourth-order valence-corrected chi connectivity index (χ4v) is 2.60. The molecule has 0 aliphatic carbocycles. The molecule has 1 unspecified atom stereocenters. The lowest BCUT2D eigenvalue weighted by atomic mass is 9.98. The molecular weight excluding hydrogens is 369 g/mol. The summed E-state index contributed by atoms with van der Waals surface area (Å²) in [7, 11) is 1.99. The molecule has 0 aliphatic rings. The van der Waals surface area contributed by atoms with Gasteiger partial charge in [-0.2, -0.15) is 0 Å². The van der Waals surface area contributed by atoms with Crippen molar-refractivity contribution < 1.29 is 0 Å². The van der Waals surface area contributed by atoms with Crippen molar-refractivity contribution in [2.24, 2.45) is 0 Å². The maximum absolute atomic E-state index is 6.20. The van der Waals surface area contributed by atoms with Crippen molar-refractivity contribution in [3.8, 4) is 0 Å². The summed E-state index contributed by atoms with van der Waals surface area (Å²) in [6.45, 7) is 2.11. The Labute approximate surface area is 133 Å². The first-order chi connectivity index (χ1) is 9.10. The number of hydrogen-bond donors (Lipinski definition) is 1. The highest BCUT2D eigenvalue weighted by Gasteiger charge is 2.11. The second-order valence-electron chi connectivity index (χ2n) is 4.70. The second kappa shape index (κ2) is 6.73. The largest absolute Gasteiger partial charge is 0.313 e. The third kappa shape index (κ3) is 3.94.